The van der Waals surface area contributed by atoms with Crippen LogP contribution in [0.4, 0.5) is 5.69 Å². The maximum atomic E-state index is 12.3. The van der Waals surface area contributed by atoms with Crippen molar-refractivity contribution in [3.63, 3.8) is 0 Å². The highest BCUT2D eigenvalue weighted by atomic mass is 16.5. The molecule has 1 aromatic carbocycles. The number of anilines is 1. The Labute approximate surface area is 118 Å². The van der Waals surface area contributed by atoms with Crippen molar-refractivity contribution in [3.8, 4) is 0 Å². The molecule has 5 nitrogen and oxygen atoms in total. The van der Waals surface area contributed by atoms with Crippen LogP contribution in [0, 0.1) is 0 Å². The van der Waals surface area contributed by atoms with Crippen LogP contribution < -0.4 is 5.32 Å². The molecule has 2 amide bonds. The molecule has 0 atom stereocenters. The van der Waals surface area contributed by atoms with Crippen LogP contribution in [0.1, 0.15) is 30.1 Å². The first-order chi connectivity index (χ1) is 9.70. The second kappa shape index (κ2) is 7.05. The van der Waals surface area contributed by atoms with Crippen molar-refractivity contribution < 1.29 is 14.3 Å². The van der Waals surface area contributed by atoms with Gasteiger partial charge in [0.2, 0.25) is 5.91 Å². The summed E-state index contributed by atoms with van der Waals surface area (Å²) >= 11 is 0. The Kier molecular flexibility index (Phi) is 5.12. The fraction of sp³-hybridized carbons (Fsp3) is 0.467. The highest BCUT2D eigenvalue weighted by molar-refractivity contribution is 5.97. The van der Waals surface area contributed by atoms with Gasteiger partial charge in [-0.25, -0.2) is 0 Å². The van der Waals surface area contributed by atoms with E-state index in [0.29, 0.717) is 44.0 Å². The van der Waals surface area contributed by atoms with E-state index in [1.165, 1.54) is 0 Å². The second-order valence-electron chi connectivity index (χ2n) is 4.78. The molecular formula is C15H20N2O3. The zero-order valence-corrected chi connectivity index (χ0v) is 11.7. The molecule has 5 heteroatoms. The molecule has 1 N–H and O–H groups in total. The standard InChI is InChI=1S/C15H20N2O3/c1-2-4-14(18)16-13-6-3-5-12(11-13)15(19)17-7-9-20-10-8-17/h3,5-6,11H,2,4,7-10H2,1H3,(H,16,18). The predicted octanol–water partition coefficient (Wildman–Crippen LogP) is 1.90. The number of hydrogen-bond donors (Lipinski definition) is 1. The summed E-state index contributed by atoms with van der Waals surface area (Å²) in [5.74, 6) is -0.0386. The zero-order chi connectivity index (χ0) is 14.4. The summed E-state index contributed by atoms with van der Waals surface area (Å²) in [6, 6.07) is 7.08. The van der Waals surface area contributed by atoms with Crippen molar-refractivity contribution in [1.82, 2.24) is 4.90 Å². The van der Waals surface area contributed by atoms with Gasteiger partial charge in [0.25, 0.3) is 5.91 Å². The van der Waals surface area contributed by atoms with Crippen molar-refractivity contribution in [2.24, 2.45) is 0 Å². The maximum Gasteiger partial charge on any atom is 0.254 e. The first-order valence-corrected chi connectivity index (χ1v) is 6.97. The van der Waals surface area contributed by atoms with E-state index < -0.39 is 0 Å². The Morgan fingerprint density at radius 1 is 1.30 bits per heavy atom. The summed E-state index contributed by atoms with van der Waals surface area (Å²) in [6.45, 7) is 4.35. The van der Waals surface area contributed by atoms with E-state index in [9.17, 15) is 9.59 Å². The van der Waals surface area contributed by atoms with Crippen molar-refractivity contribution in [2.75, 3.05) is 31.6 Å². The largest absolute Gasteiger partial charge is 0.378 e. The normalized spacial score (nSPS) is 14.9. The number of amides is 2. The molecule has 1 aromatic rings. The number of nitrogens with zero attached hydrogens (tertiary/aromatic N) is 1. The van der Waals surface area contributed by atoms with Crippen LogP contribution in [0.25, 0.3) is 0 Å². The second-order valence-corrected chi connectivity index (χ2v) is 4.78. The molecule has 0 aromatic heterocycles. The molecule has 20 heavy (non-hydrogen) atoms. The Morgan fingerprint density at radius 3 is 2.75 bits per heavy atom. The summed E-state index contributed by atoms with van der Waals surface area (Å²) in [5, 5.41) is 2.81. The van der Waals surface area contributed by atoms with E-state index in [2.05, 4.69) is 5.32 Å². The molecule has 2 rings (SSSR count). The zero-order valence-electron chi connectivity index (χ0n) is 11.7. The van der Waals surface area contributed by atoms with Gasteiger partial charge in [0.1, 0.15) is 0 Å². The average Bonchev–Trinajstić information content (AvgIpc) is 2.48. The smallest absolute Gasteiger partial charge is 0.254 e. The maximum absolute atomic E-state index is 12.3. The van der Waals surface area contributed by atoms with E-state index in [1.54, 1.807) is 29.2 Å². The minimum absolute atomic E-state index is 0.0140. The molecule has 108 valence electrons. The third kappa shape index (κ3) is 3.81. The minimum atomic E-state index is -0.0246. The molecule has 1 fully saturated rings. The Morgan fingerprint density at radius 2 is 2.05 bits per heavy atom. The lowest BCUT2D eigenvalue weighted by Crippen LogP contribution is -2.40. The van der Waals surface area contributed by atoms with Crippen LogP contribution in [0.3, 0.4) is 0 Å². The lowest BCUT2D eigenvalue weighted by Gasteiger charge is -2.27. The lowest BCUT2D eigenvalue weighted by atomic mass is 10.1. The van der Waals surface area contributed by atoms with Crippen LogP contribution in [-0.2, 0) is 9.53 Å². The fourth-order valence-corrected chi connectivity index (χ4v) is 2.13. The lowest BCUT2D eigenvalue weighted by molar-refractivity contribution is -0.116. The Hall–Kier alpha value is -1.88. The molecule has 0 saturated carbocycles. The van der Waals surface area contributed by atoms with Gasteiger partial charge in [-0.15, -0.1) is 0 Å². The molecule has 0 unspecified atom stereocenters. The van der Waals surface area contributed by atoms with Crippen LogP contribution in [0.15, 0.2) is 24.3 Å². The van der Waals surface area contributed by atoms with E-state index >= 15 is 0 Å². The van der Waals surface area contributed by atoms with E-state index in [0.717, 1.165) is 6.42 Å². The van der Waals surface area contributed by atoms with Crippen molar-refractivity contribution in [3.05, 3.63) is 29.8 Å². The highest BCUT2D eigenvalue weighted by Gasteiger charge is 2.18. The number of hydrogen-bond acceptors (Lipinski definition) is 3. The number of ether oxygens (including phenoxy) is 1. The first kappa shape index (κ1) is 14.5. The van der Waals surface area contributed by atoms with Gasteiger partial charge in [-0.2, -0.15) is 0 Å². The first-order valence-electron chi connectivity index (χ1n) is 6.97. The van der Waals surface area contributed by atoms with Crippen LogP contribution in [0.5, 0.6) is 0 Å². The summed E-state index contributed by atoms with van der Waals surface area (Å²) in [4.78, 5) is 25.7. The van der Waals surface area contributed by atoms with Crippen LogP contribution >= 0.6 is 0 Å². The van der Waals surface area contributed by atoms with Crippen LogP contribution in [0.2, 0.25) is 0 Å². The van der Waals surface area contributed by atoms with E-state index in [1.807, 2.05) is 6.92 Å². The number of rotatable bonds is 4. The van der Waals surface area contributed by atoms with Crippen molar-refractivity contribution in [2.45, 2.75) is 19.8 Å². The third-order valence-electron chi connectivity index (χ3n) is 3.17. The molecule has 0 bridgehead atoms. The van der Waals surface area contributed by atoms with Gasteiger partial charge in [0, 0.05) is 30.8 Å². The predicted molar refractivity (Wildman–Crippen MR) is 76.7 cm³/mol. The summed E-state index contributed by atoms with van der Waals surface area (Å²) in [7, 11) is 0. The molecule has 1 aliphatic rings. The summed E-state index contributed by atoms with van der Waals surface area (Å²) in [6.07, 6.45) is 1.29. The van der Waals surface area contributed by atoms with Gasteiger partial charge < -0.3 is 15.0 Å². The Balaban J connectivity index is 2.04. The molecule has 1 heterocycles. The molecule has 0 radical (unpaired) electrons. The molecule has 0 spiro atoms. The van der Waals surface area contributed by atoms with Crippen LogP contribution in [-0.4, -0.2) is 43.0 Å². The van der Waals surface area contributed by atoms with Gasteiger partial charge in [0.15, 0.2) is 0 Å². The Bertz CT molecular complexity index is 482. The number of morpholine rings is 1. The molecule has 0 aliphatic carbocycles. The number of carbonyl (C=O) groups excluding carboxylic acids is 2. The number of nitrogens with one attached hydrogen (secondary N) is 1. The van der Waals surface area contributed by atoms with Gasteiger partial charge in [-0.05, 0) is 24.6 Å². The minimum Gasteiger partial charge on any atom is -0.378 e. The molecule has 1 aliphatic heterocycles. The average molecular weight is 276 g/mol. The summed E-state index contributed by atoms with van der Waals surface area (Å²) < 4.78 is 5.24. The van der Waals surface area contributed by atoms with Gasteiger partial charge in [-0.1, -0.05) is 13.0 Å². The summed E-state index contributed by atoms with van der Waals surface area (Å²) in [5.41, 5.74) is 1.27. The monoisotopic (exact) mass is 276 g/mol. The SMILES string of the molecule is CCCC(=O)Nc1cccc(C(=O)N2CCOCC2)c1. The topological polar surface area (TPSA) is 58.6 Å². The van der Waals surface area contributed by atoms with E-state index in [4.69, 9.17) is 4.74 Å². The highest BCUT2D eigenvalue weighted by Crippen LogP contribution is 2.14. The number of carbonyl (C=O) groups is 2. The fourth-order valence-electron chi connectivity index (χ4n) is 2.13. The number of benzene rings is 1. The van der Waals surface area contributed by atoms with Crippen molar-refractivity contribution >= 4 is 17.5 Å². The third-order valence-corrected chi connectivity index (χ3v) is 3.17. The van der Waals surface area contributed by atoms with Crippen molar-refractivity contribution in [1.29, 1.82) is 0 Å². The molecular weight excluding hydrogens is 256 g/mol. The van der Waals surface area contributed by atoms with E-state index in [-0.39, 0.29) is 11.8 Å². The molecule has 1 saturated heterocycles. The van der Waals surface area contributed by atoms with Gasteiger partial charge in [-0.3, -0.25) is 9.59 Å². The van der Waals surface area contributed by atoms with Gasteiger partial charge in [0.05, 0.1) is 13.2 Å². The van der Waals surface area contributed by atoms with Gasteiger partial charge >= 0.3 is 0 Å². The quantitative estimate of drug-likeness (QED) is 0.913.